The average Bonchev–Trinajstić information content (AvgIpc) is 3.32. The van der Waals surface area contributed by atoms with Crippen LogP contribution in [0, 0.1) is 0 Å². The summed E-state index contributed by atoms with van der Waals surface area (Å²) in [5.41, 5.74) is 17.6. The molecule has 0 N–H and O–H groups in total. The van der Waals surface area contributed by atoms with E-state index in [1.54, 1.807) is 0 Å². The van der Waals surface area contributed by atoms with Gasteiger partial charge >= 0.3 is 0 Å². The second-order valence-corrected chi connectivity index (χ2v) is 14.6. The van der Waals surface area contributed by atoms with Crippen molar-refractivity contribution in [1.82, 2.24) is 9.97 Å². The van der Waals surface area contributed by atoms with E-state index in [-0.39, 0.29) is 0 Å². The van der Waals surface area contributed by atoms with E-state index in [4.69, 9.17) is 9.97 Å². The fourth-order valence-corrected chi connectivity index (χ4v) is 7.82. The molecule has 0 aliphatic heterocycles. The Balaban J connectivity index is 0.976. The molecule has 10 aromatic rings. The van der Waals surface area contributed by atoms with Crippen LogP contribution in [0.2, 0.25) is 0 Å². The van der Waals surface area contributed by atoms with E-state index >= 15 is 0 Å². The lowest BCUT2D eigenvalue weighted by Crippen LogP contribution is -1.91. The monoisotopic (exact) mass is 738 g/mol. The Morgan fingerprint density at radius 3 is 0.948 bits per heavy atom. The molecule has 0 bridgehead atoms. The highest BCUT2D eigenvalue weighted by Gasteiger charge is 2.13. The third kappa shape index (κ3) is 7.11. The zero-order chi connectivity index (χ0) is 38.7. The molecule has 0 unspecified atom stereocenters. The van der Waals surface area contributed by atoms with Crippen LogP contribution in [0.5, 0.6) is 0 Å². The van der Waals surface area contributed by atoms with Crippen molar-refractivity contribution in [2.75, 3.05) is 0 Å². The van der Waals surface area contributed by atoms with Gasteiger partial charge in [0, 0.05) is 22.3 Å². The summed E-state index contributed by atoms with van der Waals surface area (Å²) >= 11 is 0. The molecule has 0 radical (unpaired) electrons. The lowest BCUT2D eigenvalue weighted by Gasteiger charge is -2.13. The Morgan fingerprint density at radius 2 is 0.552 bits per heavy atom. The molecule has 2 nitrogen and oxygen atoms in total. The quantitative estimate of drug-likeness (QED) is 0.155. The summed E-state index contributed by atoms with van der Waals surface area (Å²) in [6.07, 6.45) is 0. The van der Waals surface area contributed by atoms with Gasteiger partial charge in [0.25, 0.3) is 0 Å². The molecule has 2 heteroatoms. The number of benzene rings is 8. The van der Waals surface area contributed by atoms with Gasteiger partial charge in [-0.1, -0.05) is 200 Å². The SMILES string of the molecule is c1ccc(-c2cc(-c3ccc(-c4ccc5cccc(-c6ccc(-c7cc(-c8ccccc8)nc(-c8ccccc8)c7)cc6)c5c4)cc3)cc(-c3ccccc3)n2)cc1. The number of fused-ring (bicyclic) bond motifs is 1. The van der Waals surface area contributed by atoms with Gasteiger partial charge in [-0.25, -0.2) is 9.97 Å². The largest absolute Gasteiger partial charge is 0.248 e. The van der Waals surface area contributed by atoms with Gasteiger partial charge in [-0.3, -0.25) is 0 Å². The van der Waals surface area contributed by atoms with Gasteiger partial charge in [-0.2, -0.15) is 0 Å². The Kier molecular flexibility index (Phi) is 9.27. The van der Waals surface area contributed by atoms with Crippen LogP contribution in [0.25, 0.3) is 100 Å². The molecule has 0 saturated heterocycles. The van der Waals surface area contributed by atoms with E-state index in [1.165, 1.54) is 33.0 Å². The van der Waals surface area contributed by atoms with E-state index < -0.39 is 0 Å². The molecule has 8 aromatic carbocycles. The molecule has 2 heterocycles. The minimum Gasteiger partial charge on any atom is -0.248 e. The maximum Gasteiger partial charge on any atom is 0.0715 e. The zero-order valence-electron chi connectivity index (χ0n) is 31.8. The fourth-order valence-electron chi connectivity index (χ4n) is 7.82. The van der Waals surface area contributed by atoms with Crippen LogP contribution in [-0.2, 0) is 0 Å². The minimum absolute atomic E-state index is 0.963. The Bertz CT molecular complexity index is 2880. The van der Waals surface area contributed by atoms with Crippen molar-refractivity contribution >= 4 is 10.8 Å². The lowest BCUT2D eigenvalue weighted by molar-refractivity contribution is 1.32. The number of rotatable bonds is 8. The number of hydrogen-bond donors (Lipinski definition) is 0. The molecule has 272 valence electrons. The Labute approximate surface area is 339 Å². The molecule has 0 saturated carbocycles. The van der Waals surface area contributed by atoms with Gasteiger partial charge in [-0.05, 0) is 85.6 Å². The third-order valence-corrected chi connectivity index (χ3v) is 10.9. The first kappa shape index (κ1) is 34.8. The van der Waals surface area contributed by atoms with Crippen LogP contribution in [0.15, 0.2) is 231 Å². The summed E-state index contributed by atoms with van der Waals surface area (Å²) in [6, 6.07) is 81.8. The van der Waals surface area contributed by atoms with Crippen molar-refractivity contribution in [3.8, 4) is 89.5 Å². The van der Waals surface area contributed by atoms with Gasteiger partial charge in [-0.15, -0.1) is 0 Å². The fraction of sp³-hybridized carbons (Fsp3) is 0. The van der Waals surface area contributed by atoms with E-state index in [0.717, 1.165) is 67.3 Å². The van der Waals surface area contributed by atoms with Crippen molar-refractivity contribution < 1.29 is 0 Å². The highest BCUT2D eigenvalue weighted by Crippen LogP contribution is 2.37. The first-order valence-corrected chi connectivity index (χ1v) is 19.7. The standard InChI is InChI=1S/C56H38N2/c1-5-14-44(15-6-1)53-35-49(36-54(57-53)45-16-7-2-8-17-45)40-26-24-39(25-27-40)48-33-32-42-22-13-23-51(52(42)34-48)43-30-28-41(29-31-43)50-37-55(46-18-9-3-10-19-46)58-56(38-50)47-20-11-4-12-21-47/h1-38H. The Hall–Kier alpha value is -7.68. The predicted molar refractivity (Wildman–Crippen MR) is 243 cm³/mol. The summed E-state index contributed by atoms with van der Waals surface area (Å²) < 4.78 is 0. The topological polar surface area (TPSA) is 25.8 Å². The van der Waals surface area contributed by atoms with Crippen molar-refractivity contribution in [3.63, 3.8) is 0 Å². The van der Waals surface area contributed by atoms with Crippen LogP contribution in [0.3, 0.4) is 0 Å². The third-order valence-electron chi connectivity index (χ3n) is 10.9. The van der Waals surface area contributed by atoms with Crippen LogP contribution in [0.1, 0.15) is 0 Å². The predicted octanol–water partition coefficient (Wildman–Crippen LogP) is 15.0. The Morgan fingerprint density at radius 1 is 0.207 bits per heavy atom. The van der Waals surface area contributed by atoms with Gasteiger partial charge in [0.05, 0.1) is 22.8 Å². The normalized spacial score (nSPS) is 11.1. The van der Waals surface area contributed by atoms with Crippen LogP contribution in [0.4, 0.5) is 0 Å². The first-order valence-electron chi connectivity index (χ1n) is 19.7. The van der Waals surface area contributed by atoms with Crippen molar-refractivity contribution in [1.29, 1.82) is 0 Å². The molecule has 2 aromatic heterocycles. The smallest absolute Gasteiger partial charge is 0.0715 e. The van der Waals surface area contributed by atoms with Crippen LogP contribution in [-0.4, -0.2) is 9.97 Å². The summed E-state index contributed by atoms with van der Waals surface area (Å²) in [6.45, 7) is 0. The molecule has 0 aliphatic rings. The highest BCUT2D eigenvalue weighted by atomic mass is 14.7. The molecule has 0 aliphatic carbocycles. The summed E-state index contributed by atoms with van der Waals surface area (Å²) in [7, 11) is 0. The lowest BCUT2D eigenvalue weighted by atomic mass is 9.93. The molecule has 0 fully saturated rings. The second-order valence-electron chi connectivity index (χ2n) is 14.6. The van der Waals surface area contributed by atoms with E-state index in [0.29, 0.717) is 0 Å². The average molecular weight is 739 g/mol. The summed E-state index contributed by atoms with van der Waals surface area (Å²) in [5, 5.41) is 2.45. The molecule has 0 amide bonds. The van der Waals surface area contributed by atoms with Gasteiger partial charge in [0.15, 0.2) is 0 Å². The number of aromatic nitrogens is 2. The van der Waals surface area contributed by atoms with Crippen LogP contribution >= 0.6 is 0 Å². The minimum atomic E-state index is 0.963. The van der Waals surface area contributed by atoms with Gasteiger partial charge in [0.2, 0.25) is 0 Å². The molecule has 0 spiro atoms. The van der Waals surface area contributed by atoms with Crippen molar-refractivity contribution in [2.45, 2.75) is 0 Å². The summed E-state index contributed by atoms with van der Waals surface area (Å²) in [5.74, 6) is 0. The maximum atomic E-state index is 5.08. The zero-order valence-corrected chi connectivity index (χ0v) is 31.8. The number of hydrogen-bond acceptors (Lipinski definition) is 2. The molecular weight excluding hydrogens is 701 g/mol. The van der Waals surface area contributed by atoms with E-state index in [2.05, 4.69) is 206 Å². The molecule has 58 heavy (non-hydrogen) atoms. The van der Waals surface area contributed by atoms with E-state index in [1.807, 2.05) is 24.3 Å². The van der Waals surface area contributed by atoms with Crippen LogP contribution < -0.4 is 0 Å². The second kappa shape index (κ2) is 15.5. The first-order chi connectivity index (χ1) is 28.7. The summed E-state index contributed by atoms with van der Waals surface area (Å²) in [4.78, 5) is 10.2. The van der Waals surface area contributed by atoms with Crippen molar-refractivity contribution in [2.24, 2.45) is 0 Å². The molecular formula is C56H38N2. The highest BCUT2D eigenvalue weighted by molar-refractivity contribution is 5.99. The van der Waals surface area contributed by atoms with Gasteiger partial charge in [0.1, 0.15) is 0 Å². The van der Waals surface area contributed by atoms with E-state index in [9.17, 15) is 0 Å². The maximum absolute atomic E-state index is 5.08. The van der Waals surface area contributed by atoms with Gasteiger partial charge < -0.3 is 0 Å². The molecule has 10 rings (SSSR count). The number of pyridine rings is 2. The molecule has 0 atom stereocenters. The van der Waals surface area contributed by atoms with Crippen molar-refractivity contribution in [3.05, 3.63) is 231 Å². The number of nitrogens with zero attached hydrogens (tertiary/aromatic N) is 2.